The first-order valence-corrected chi connectivity index (χ1v) is 17.6. The lowest BCUT2D eigenvalue weighted by Crippen LogP contribution is -1.97. The van der Waals surface area contributed by atoms with Crippen molar-refractivity contribution in [2.24, 2.45) is 0 Å². The van der Waals surface area contributed by atoms with Crippen LogP contribution in [-0.2, 0) is 0 Å². The van der Waals surface area contributed by atoms with Crippen molar-refractivity contribution < 1.29 is 0 Å². The molecule has 8 aromatic carbocycles. The number of para-hydroxylation sites is 3. The first kappa shape index (κ1) is 26.9. The summed E-state index contributed by atoms with van der Waals surface area (Å²) in [7, 11) is 0. The number of fused-ring (bicyclic) bond motifs is 11. The molecule has 2 nitrogen and oxygen atoms in total. The van der Waals surface area contributed by atoms with Gasteiger partial charge in [-0.1, -0.05) is 127 Å². The Bertz CT molecular complexity index is 3100. The van der Waals surface area contributed by atoms with E-state index in [9.17, 15) is 0 Å². The first-order chi connectivity index (χ1) is 24.3. The molecule has 0 atom stereocenters. The average Bonchev–Trinajstić information content (AvgIpc) is 3.83. The van der Waals surface area contributed by atoms with Crippen LogP contribution < -0.4 is 0 Å². The minimum absolute atomic E-state index is 1.17. The van der Waals surface area contributed by atoms with Gasteiger partial charge in [0.1, 0.15) is 0 Å². The molecule has 0 aliphatic heterocycles. The lowest BCUT2D eigenvalue weighted by Gasteiger charge is -2.16. The molecule has 0 aliphatic carbocycles. The van der Waals surface area contributed by atoms with Crippen LogP contribution in [-0.4, -0.2) is 9.13 Å². The maximum atomic E-state index is 2.53. The minimum Gasteiger partial charge on any atom is -0.309 e. The lowest BCUT2D eigenvalue weighted by atomic mass is 9.95. The van der Waals surface area contributed by atoms with E-state index < -0.39 is 0 Å². The highest BCUT2D eigenvalue weighted by Gasteiger charge is 2.22. The molecule has 0 spiro atoms. The highest BCUT2D eigenvalue weighted by molar-refractivity contribution is 7.26. The van der Waals surface area contributed by atoms with Gasteiger partial charge >= 0.3 is 0 Å². The number of nitrogens with zero attached hydrogens (tertiary/aromatic N) is 2. The maximum absolute atomic E-state index is 2.53. The summed E-state index contributed by atoms with van der Waals surface area (Å²) < 4.78 is 7.61. The Morgan fingerprint density at radius 3 is 1.84 bits per heavy atom. The van der Waals surface area contributed by atoms with Crippen LogP contribution in [0.2, 0.25) is 0 Å². The van der Waals surface area contributed by atoms with Crippen LogP contribution in [0.25, 0.3) is 97.1 Å². The SMILES string of the molecule is c1ccc(-n2c3ccccc3c3c2ccc2c4ccccc4n(-c4ccc(-c5cccc6c5sc5ccccc56)c5ccccc45)c23)cc1. The first-order valence-electron chi connectivity index (χ1n) is 16.8. The van der Waals surface area contributed by atoms with E-state index >= 15 is 0 Å². The summed E-state index contributed by atoms with van der Waals surface area (Å²) in [6, 6.07) is 62.3. The summed E-state index contributed by atoms with van der Waals surface area (Å²) in [4.78, 5) is 0. The second-order valence-corrected chi connectivity index (χ2v) is 13.9. The van der Waals surface area contributed by atoms with Gasteiger partial charge < -0.3 is 9.13 Å². The number of hydrogen-bond acceptors (Lipinski definition) is 1. The van der Waals surface area contributed by atoms with E-state index in [2.05, 4.69) is 179 Å². The fraction of sp³-hybridized carbons (Fsp3) is 0. The van der Waals surface area contributed by atoms with E-state index in [0.717, 1.165) is 0 Å². The molecule has 0 amide bonds. The summed E-state index contributed by atoms with van der Waals surface area (Å²) in [6.45, 7) is 0. The Balaban J connectivity index is 1.27. The number of aromatic nitrogens is 2. The Kier molecular flexibility index (Phi) is 5.57. The van der Waals surface area contributed by atoms with E-state index in [4.69, 9.17) is 0 Å². The maximum Gasteiger partial charge on any atom is 0.0641 e. The largest absolute Gasteiger partial charge is 0.309 e. The molecule has 0 fully saturated rings. The van der Waals surface area contributed by atoms with Gasteiger partial charge in [0, 0.05) is 58.4 Å². The van der Waals surface area contributed by atoms with Crippen molar-refractivity contribution in [3.8, 4) is 22.5 Å². The molecule has 0 bridgehead atoms. The van der Waals surface area contributed by atoms with Gasteiger partial charge in [-0.15, -0.1) is 11.3 Å². The van der Waals surface area contributed by atoms with Gasteiger partial charge in [0.05, 0.1) is 27.8 Å². The molecule has 0 saturated carbocycles. The average molecular weight is 641 g/mol. The van der Waals surface area contributed by atoms with Gasteiger partial charge in [0.25, 0.3) is 0 Å². The molecule has 3 heteroatoms. The van der Waals surface area contributed by atoms with Gasteiger partial charge in [-0.3, -0.25) is 0 Å². The molecule has 0 aliphatic rings. The van der Waals surface area contributed by atoms with E-state index in [-0.39, 0.29) is 0 Å². The summed E-state index contributed by atoms with van der Waals surface area (Å²) in [5, 5.41) is 10.2. The normalized spacial score (nSPS) is 12.1. The second-order valence-electron chi connectivity index (χ2n) is 12.9. The molecular weight excluding hydrogens is 613 g/mol. The van der Waals surface area contributed by atoms with E-state index in [1.807, 2.05) is 11.3 Å². The minimum atomic E-state index is 1.17. The lowest BCUT2D eigenvalue weighted by molar-refractivity contribution is 1.18. The van der Waals surface area contributed by atoms with E-state index in [1.165, 1.54) is 97.1 Å². The monoisotopic (exact) mass is 640 g/mol. The summed E-state index contributed by atoms with van der Waals surface area (Å²) in [6.07, 6.45) is 0. The quantitative estimate of drug-likeness (QED) is 0.182. The third kappa shape index (κ3) is 3.71. The van der Waals surface area contributed by atoms with E-state index in [1.54, 1.807) is 0 Å². The number of hydrogen-bond donors (Lipinski definition) is 0. The third-order valence-electron chi connectivity index (χ3n) is 10.3. The predicted octanol–water partition coefficient (Wildman–Crippen LogP) is 13.1. The van der Waals surface area contributed by atoms with Crippen molar-refractivity contribution in [2.75, 3.05) is 0 Å². The van der Waals surface area contributed by atoms with E-state index in [0.29, 0.717) is 0 Å². The Morgan fingerprint density at radius 2 is 1.00 bits per heavy atom. The summed E-state index contributed by atoms with van der Waals surface area (Å²) in [5.41, 5.74) is 9.80. The molecule has 3 aromatic heterocycles. The number of benzene rings is 8. The van der Waals surface area contributed by atoms with Crippen molar-refractivity contribution in [1.29, 1.82) is 0 Å². The second kappa shape index (κ2) is 10.2. The molecule has 0 N–H and O–H groups in total. The molecule has 0 unspecified atom stereocenters. The summed E-state index contributed by atoms with van der Waals surface area (Å²) >= 11 is 1.89. The zero-order valence-corrected chi connectivity index (χ0v) is 27.3. The standard InChI is InChI=1S/C46H28N2S/c1-2-13-29(14-3-1)47-40-23-10-7-19-38(40)44-42(47)28-26-35-33-17-6-9-22-39(33)48(45(35)44)41-27-25-31(30-15-4-5-16-32(30)41)36-20-12-21-37-34-18-8-11-24-43(34)49-46(36)37/h1-28H. The van der Waals surface area contributed by atoms with Crippen LogP contribution in [0, 0.1) is 0 Å². The summed E-state index contributed by atoms with van der Waals surface area (Å²) in [5.74, 6) is 0. The predicted molar refractivity (Wildman–Crippen MR) is 211 cm³/mol. The van der Waals surface area contributed by atoms with Gasteiger partial charge in [-0.25, -0.2) is 0 Å². The van der Waals surface area contributed by atoms with Crippen molar-refractivity contribution >= 4 is 85.9 Å². The fourth-order valence-electron chi connectivity index (χ4n) is 8.29. The van der Waals surface area contributed by atoms with Crippen molar-refractivity contribution in [2.45, 2.75) is 0 Å². The molecule has 49 heavy (non-hydrogen) atoms. The smallest absolute Gasteiger partial charge is 0.0641 e. The van der Waals surface area contributed by atoms with Crippen LogP contribution in [0.5, 0.6) is 0 Å². The van der Waals surface area contributed by atoms with Gasteiger partial charge in [0.15, 0.2) is 0 Å². The number of rotatable bonds is 3. The fourth-order valence-corrected chi connectivity index (χ4v) is 9.52. The van der Waals surface area contributed by atoms with Crippen LogP contribution in [0.4, 0.5) is 0 Å². The molecule has 0 saturated heterocycles. The van der Waals surface area contributed by atoms with Gasteiger partial charge in [0.2, 0.25) is 0 Å². The van der Waals surface area contributed by atoms with Gasteiger partial charge in [-0.05, 0) is 53.4 Å². The molecular formula is C46H28N2S. The Labute approximate surface area is 286 Å². The van der Waals surface area contributed by atoms with Crippen molar-refractivity contribution in [3.05, 3.63) is 170 Å². The molecule has 0 radical (unpaired) electrons. The van der Waals surface area contributed by atoms with Crippen LogP contribution in [0.15, 0.2) is 170 Å². The molecule has 228 valence electrons. The zero-order chi connectivity index (χ0) is 32.1. The molecule has 11 aromatic rings. The molecule has 11 rings (SSSR count). The van der Waals surface area contributed by atoms with Crippen LogP contribution in [0.3, 0.4) is 0 Å². The number of thiophene rings is 1. The molecule has 3 heterocycles. The van der Waals surface area contributed by atoms with Crippen LogP contribution in [0.1, 0.15) is 0 Å². The van der Waals surface area contributed by atoms with Crippen LogP contribution >= 0.6 is 11.3 Å². The Hall–Kier alpha value is -6.16. The van der Waals surface area contributed by atoms with Crippen molar-refractivity contribution in [1.82, 2.24) is 9.13 Å². The topological polar surface area (TPSA) is 9.86 Å². The van der Waals surface area contributed by atoms with Gasteiger partial charge in [-0.2, -0.15) is 0 Å². The Morgan fingerprint density at radius 1 is 0.347 bits per heavy atom. The highest BCUT2D eigenvalue weighted by atomic mass is 32.1. The third-order valence-corrected chi connectivity index (χ3v) is 11.5. The highest BCUT2D eigenvalue weighted by Crippen LogP contribution is 2.45. The van der Waals surface area contributed by atoms with Crippen molar-refractivity contribution in [3.63, 3.8) is 0 Å². The zero-order valence-electron chi connectivity index (χ0n) is 26.5.